The summed E-state index contributed by atoms with van der Waals surface area (Å²) in [6.45, 7) is 42.9. The van der Waals surface area contributed by atoms with Gasteiger partial charge in [-0.05, 0) is 233 Å². The molecule has 12 rings (SSSR count). The molecule has 780 valence electrons. The van der Waals surface area contributed by atoms with E-state index in [2.05, 4.69) is 151 Å². The van der Waals surface area contributed by atoms with E-state index in [-0.39, 0.29) is 104 Å². The molecule has 0 atom stereocenters. The Morgan fingerprint density at radius 2 is 0.559 bits per heavy atom. The minimum Gasteiger partial charge on any atom is -0.466 e. The van der Waals surface area contributed by atoms with Gasteiger partial charge in [-0.15, -0.1) is 0 Å². The van der Waals surface area contributed by atoms with E-state index >= 15 is 0 Å². The normalized spacial score (nSPS) is 25.3. The number of esters is 2. The van der Waals surface area contributed by atoms with E-state index in [1.54, 1.807) is 0 Å². The molecule has 8 aliphatic heterocycles. The SMILES string of the molecule is CCCCCCCCCCCCOC(=O)CCN1C(=O)C2(CC(C)(C)NC(C)(C)C2)OC12CCCCCCCCCCC2.CCCCCCCCCCCCOC(=O)CCN1C(=O)C2(CC(C)(C)NC(C)(C)C2)OC12CCCCCCCCCCC2.CN1C(=O)C2(CC(C)(C)NC(C)(C)C2)OC12CCCCCCCCCCC2.Cc1ccc(N2C(=O)NC3(CC(C)(C)NC(C)(C)C3)C2=O)cc1. The summed E-state index contributed by atoms with van der Waals surface area (Å²) in [5, 5.41) is 17.8. The number of unbranched alkanes of at least 4 members (excludes halogenated alkanes) is 18. The molecule has 0 bridgehead atoms. The standard InChI is InChI=1S/2C37H68N2O4.C23H42N2O2.C18H25N3O2/c2*1-6-7-8-9-10-11-15-18-21-24-29-42-32(40)25-28-39-33(41)36(30-34(2,3)38-35(4,5)31-36)43-37(39)26-22-19-16-13-12-14-17-20-23-27-37;1-20(2)17-22(18-21(3,4)24-20)19(26)25(5)23(27-22)15-13-11-9-7-6-8-10-12-14-16-23;1-12-6-8-13(9-7-12)21-14(22)18(19-15(21)23)10-16(2,3)20-17(4,5)11-18/h2*38H,6-31H2,1-5H3;24H,6-18H2,1-5H3;6-9,20H,10-11H2,1-5H3,(H,19,23). The maximum absolute atomic E-state index is 14.5. The minimum atomic E-state index is -0.838. The number of carbonyl (C=O) groups is 7. The monoisotopic (exact) mass is 1900 g/mol. The van der Waals surface area contributed by atoms with Crippen molar-refractivity contribution in [3.8, 4) is 0 Å². The zero-order chi connectivity index (χ0) is 99.3. The Hall–Kier alpha value is -4.77. The summed E-state index contributed by atoms with van der Waals surface area (Å²) >= 11 is 0. The number of nitrogens with zero attached hydrogens (tertiary/aromatic N) is 4. The second kappa shape index (κ2) is 51.6. The van der Waals surface area contributed by atoms with Gasteiger partial charge in [-0.2, -0.15) is 0 Å². The molecular formula is C115H203N9O12. The number of rotatable bonds is 29. The fraction of sp³-hybridized carbons (Fsp3) is 0.887. The molecule has 6 amide bonds. The van der Waals surface area contributed by atoms with E-state index in [0.29, 0.717) is 70.5 Å². The zero-order valence-corrected chi connectivity index (χ0v) is 90.9. The van der Waals surface area contributed by atoms with Crippen molar-refractivity contribution in [1.82, 2.24) is 41.3 Å². The third-order valence-electron chi connectivity index (χ3n) is 31.7. The molecule has 1 aromatic rings. The van der Waals surface area contributed by atoms with E-state index in [9.17, 15) is 33.6 Å². The first kappa shape index (κ1) is 115. The number of aryl methyl sites for hydroxylation is 1. The molecule has 3 saturated carbocycles. The highest BCUT2D eigenvalue weighted by Gasteiger charge is 2.68. The highest BCUT2D eigenvalue weighted by atomic mass is 16.6. The molecule has 0 radical (unpaired) electrons. The number of hydrogen-bond donors (Lipinski definition) is 5. The predicted molar refractivity (Wildman–Crippen MR) is 555 cm³/mol. The van der Waals surface area contributed by atoms with E-state index in [4.69, 9.17) is 23.7 Å². The van der Waals surface area contributed by atoms with Crippen LogP contribution in [0.4, 0.5) is 10.5 Å². The van der Waals surface area contributed by atoms with E-state index in [0.717, 1.165) is 108 Å². The smallest absolute Gasteiger partial charge is 0.329 e. The molecule has 0 unspecified atom stereocenters. The quantitative estimate of drug-likeness (QED) is 0.0285. The lowest BCUT2D eigenvalue weighted by Crippen LogP contribution is -2.68. The summed E-state index contributed by atoms with van der Waals surface area (Å²) in [6, 6.07) is 7.15. The van der Waals surface area contributed by atoms with Crippen molar-refractivity contribution in [2.24, 2.45) is 0 Å². The first-order chi connectivity index (χ1) is 64.2. The maximum Gasteiger partial charge on any atom is 0.329 e. The van der Waals surface area contributed by atoms with Crippen LogP contribution in [0.25, 0.3) is 0 Å². The van der Waals surface area contributed by atoms with Gasteiger partial charge < -0.3 is 65.0 Å². The molecule has 5 N–H and O–H groups in total. The zero-order valence-electron chi connectivity index (χ0n) is 90.9. The van der Waals surface area contributed by atoms with Crippen LogP contribution in [0.1, 0.15) is 535 Å². The van der Waals surface area contributed by atoms with Crippen LogP contribution in [0.3, 0.4) is 0 Å². The topological polar surface area (TPSA) is 239 Å². The van der Waals surface area contributed by atoms with Crippen LogP contribution in [0.15, 0.2) is 24.3 Å². The van der Waals surface area contributed by atoms with Crippen LogP contribution in [0, 0.1) is 6.92 Å². The first-order valence-electron chi connectivity index (χ1n) is 56.5. The summed E-state index contributed by atoms with van der Waals surface area (Å²) in [6.07, 6.45) is 70.0. The molecule has 11 fully saturated rings. The van der Waals surface area contributed by atoms with Crippen molar-refractivity contribution in [2.75, 3.05) is 38.3 Å². The summed E-state index contributed by atoms with van der Waals surface area (Å²) < 4.78 is 32.7. The molecular weight excluding hydrogens is 1700 g/mol. The molecule has 1 aromatic carbocycles. The fourth-order valence-electron chi connectivity index (χ4n) is 27.7. The Kier molecular flexibility index (Phi) is 43.6. The number of amides is 6. The fourth-order valence-corrected chi connectivity index (χ4v) is 27.7. The number of urea groups is 1. The Balaban J connectivity index is 0.000000210. The third-order valence-corrected chi connectivity index (χ3v) is 31.7. The van der Waals surface area contributed by atoms with Crippen LogP contribution in [0.5, 0.6) is 0 Å². The predicted octanol–water partition coefficient (Wildman–Crippen LogP) is 26.6. The van der Waals surface area contributed by atoms with Gasteiger partial charge in [-0.3, -0.25) is 28.8 Å². The van der Waals surface area contributed by atoms with Crippen LogP contribution >= 0.6 is 0 Å². The largest absolute Gasteiger partial charge is 0.466 e. The van der Waals surface area contributed by atoms with Crippen molar-refractivity contribution in [3.05, 3.63) is 29.8 Å². The Labute approximate surface area is 829 Å². The molecule has 3 aliphatic carbocycles. The summed E-state index contributed by atoms with van der Waals surface area (Å²) in [7, 11) is 2.00. The first-order valence-corrected chi connectivity index (χ1v) is 56.5. The molecule has 8 saturated heterocycles. The van der Waals surface area contributed by atoms with E-state index < -0.39 is 33.8 Å². The number of hydrogen-bond acceptors (Lipinski definition) is 16. The van der Waals surface area contributed by atoms with Crippen LogP contribution in [-0.2, 0) is 52.5 Å². The number of likely N-dealkylation sites (N-methyl/N-ethyl adjacent to an activating group) is 1. The summed E-state index contributed by atoms with van der Waals surface area (Å²) in [4.78, 5) is 101. The molecule has 21 nitrogen and oxygen atoms in total. The number of ether oxygens (including phenoxy) is 5. The molecule has 8 heterocycles. The summed E-state index contributed by atoms with van der Waals surface area (Å²) in [5.74, 6) is -0.0846. The van der Waals surface area contributed by atoms with Crippen molar-refractivity contribution in [2.45, 2.75) is 620 Å². The highest BCUT2D eigenvalue weighted by molar-refractivity contribution is 6.23. The van der Waals surface area contributed by atoms with Gasteiger partial charge in [0.2, 0.25) is 0 Å². The Bertz CT molecular complexity index is 3610. The maximum atomic E-state index is 14.5. The number of piperidine rings is 4. The van der Waals surface area contributed by atoms with Crippen molar-refractivity contribution in [3.63, 3.8) is 0 Å². The molecule has 21 heteroatoms. The molecule has 136 heavy (non-hydrogen) atoms. The van der Waals surface area contributed by atoms with Crippen molar-refractivity contribution < 1.29 is 57.2 Å². The van der Waals surface area contributed by atoms with E-state index in [1.165, 1.54) is 255 Å². The number of imide groups is 1. The number of anilines is 1. The lowest BCUT2D eigenvalue weighted by atomic mass is 9.71. The Morgan fingerprint density at radius 1 is 0.316 bits per heavy atom. The Morgan fingerprint density at radius 3 is 0.846 bits per heavy atom. The molecule has 7 spiro atoms. The number of nitrogens with one attached hydrogen (secondary N) is 5. The average molecular weight is 1900 g/mol. The van der Waals surface area contributed by atoms with Gasteiger partial charge in [0.25, 0.3) is 23.6 Å². The van der Waals surface area contributed by atoms with Crippen LogP contribution in [0.2, 0.25) is 0 Å². The van der Waals surface area contributed by atoms with Gasteiger partial charge in [0.05, 0.1) is 31.7 Å². The lowest BCUT2D eigenvalue weighted by molar-refractivity contribution is -0.177. The van der Waals surface area contributed by atoms with Gasteiger partial charge in [0.15, 0.2) is 16.8 Å². The molecule has 11 aliphatic rings. The van der Waals surface area contributed by atoms with Crippen molar-refractivity contribution in [1.29, 1.82) is 0 Å². The lowest BCUT2D eigenvalue weighted by Gasteiger charge is -2.50. The minimum absolute atomic E-state index is 0.102. The third kappa shape index (κ3) is 33.9. The number of carbonyl (C=O) groups excluding carboxylic acids is 7. The van der Waals surface area contributed by atoms with Gasteiger partial charge in [0, 0.05) is 103 Å². The van der Waals surface area contributed by atoms with Crippen LogP contribution in [-0.4, -0.2) is 173 Å². The highest BCUT2D eigenvalue weighted by Crippen LogP contribution is 2.55. The van der Waals surface area contributed by atoms with Gasteiger partial charge in [-0.1, -0.05) is 282 Å². The van der Waals surface area contributed by atoms with E-state index in [1.807, 2.05) is 52.9 Å². The van der Waals surface area contributed by atoms with Crippen molar-refractivity contribution >= 4 is 47.3 Å². The summed E-state index contributed by atoms with van der Waals surface area (Å²) in [5.41, 5.74) is -4.58. The van der Waals surface area contributed by atoms with Gasteiger partial charge in [-0.25, -0.2) is 9.69 Å². The van der Waals surface area contributed by atoms with Gasteiger partial charge in [0.1, 0.15) is 22.7 Å². The second-order valence-electron chi connectivity index (χ2n) is 50.2. The average Bonchev–Trinajstić information content (AvgIpc) is 1.55. The molecule has 0 aromatic heterocycles. The number of benzene rings is 1. The van der Waals surface area contributed by atoms with Crippen LogP contribution < -0.4 is 31.5 Å². The second-order valence-corrected chi connectivity index (χ2v) is 50.2. The van der Waals surface area contributed by atoms with Gasteiger partial charge >= 0.3 is 18.0 Å².